The summed E-state index contributed by atoms with van der Waals surface area (Å²) in [5.41, 5.74) is 0.425. The van der Waals surface area contributed by atoms with Crippen molar-refractivity contribution in [1.29, 1.82) is 0 Å². The number of hydrogen-bond acceptors (Lipinski definition) is 6. The standard InChI is InChI=1S/C28H28N4O5S/c1-20-13-15-32(16-14-20)38(35,36)24-11-12-26-25(17-24)28(34)31(19-29-26)18-27(33)30-21-7-9-23(10-8-21)37-22-5-3-2-4-6-22/h2-12,17,19-20H,13-16,18H2,1H3,(H,30,33). The molecule has 196 valence electrons. The van der Waals surface area contributed by atoms with E-state index in [4.69, 9.17) is 4.74 Å². The smallest absolute Gasteiger partial charge is 0.261 e. The molecule has 1 aliphatic rings. The molecule has 1 aromatic heterocycles. The number of rotatable bonds is 7. The number of anilines is 1. The first-order valence-electron chi connectivity index (χ1n) is 12.4. The molecule has 5 rings (SSSR count). The normalized spacial score (nSPS) is 14.9. The van der Waals surface area contributed by atoms with E-state index in [1.165, 1.54) is 33.4 Å². The number of ether oxygens (including phenoxy) is 1. The van der Waals surface area contributed by atoms with Crippen molar-refractivity contribution in [3.63, 3.8) is 0 Å². The molecule has 0 unspecified atom stereocenters. The van der Waals surface area contributed by atoms with Crippen LogP contribution in [0.1, 0.15) is 19.8 Å². The van der Waals surface area contributed by atoms with Crippen molar-refractivity contribution in [3.05, 3.63) is 89.5 Å². The van der Waals surface area contributed by atoms with Gasteiger partial charge in [-0.1, -0.05) is 25.1 Å². The minimum absolute atomic E-state index is 0.0541. The average molecular weight is 533 g/mol. The first-order valence-corrected chi connectivity index (χ1v) is 13.9. The van der Waals surface area contributed by atoms with Crippen LogP contribution in [-0.4, -0.2) is 41.3 Å². The average Bonchev–Trinajstić information content (AvgIpc) is 2.92. The second-order valence-corrected chi connectivity index (χ2v) is 11.4. The summed E-state index contributed by atoms with van der Waals surface area (Å²) in [6.45, 7) is 2.75. The van der Waals surface area contributed by atoms with Crippen molar-refractivity contribution >= 4 is 32.5 Å². The zero-order valence-electron chi connectivity index (χ0n) is 20.9. The number of fused-ring (bicyclic) bond motifs is 1. The molecule has 0 radical (unpaired) electrons. The van der Waals surface area contributed by atoms with E-state index < -0.39 is 21.5 Å². The highest BCUT2D eigenvalue weighted by atomic mass is 32.2. The van der Waals surface area contributed by atoms with E-state index in [0.29, 0.717) is 41.7 Å². The summed E-state index contributed by atoms with van der Waals surface area (Å²) < 4.78 is 34.7. The number of hydrogen-bond donors (Lipinski definition) is 1. The molecular weight excluding hydrogens is 504 g/mol. The summed E-state index contributed by atoms with van der Waals surface area (Å²) in [5, 5.41) is 2.90. The van der Waals surface area contributed by atoms with Crippen LogP contribution in [-0.2, 0) is 21.4 Å². The Morgan fingerprint density at radius 3 is 2.39 bits per heavy atom. The van der Waals surface area contributed by atoms with Crippen LogP contribution >= 0.6 is 0 Å². The van der Waals surface area contributed by atoms with E-state index in [9.17, 15) is 18.0 Å². The molecule has 3 aromatic carbocycles. The summed E-state index contributed by atoms with van der Waals surface area (Å²) in [6, 6.07) is 20.6. The van der Waals surface area contributed by atoms with Crippen molar-refractivity contribution in [2.24, 2.45) is 5.92 Å². The van der Waals surface area contributed by atoms with Gasteiger partial charge in [-0.15, -0.1) is 0 Å². The summed E-state index contributed by atoms with van der Waals surface area (Å²) >= 11 is 0. The number of sulfonamides is 1. The zero-order valence-corrected chi connectivity index (χ0v) is 21.7. The minimum Gasteiger partial charge on any atom is -0.457 e. The third kappa shape index (κ3) is 5.61. The van der Waals surface area contributed by atoms with Crippen LogP contribution in [0.3, 0.4) is 0 Å². The van der Waals surface area contributed by atoms with Gasteiger partial charge in [0.15, 0.2) is 0 Å². The fourth-order valence-electron chi connectivity index (χ4n) is 4.37. The molecule has 1 saturated heterocycles. The van der Waals surface area contributed by atoms with Crippen LogP contribution < -0.4 is 15.6 Å². The number of amides is 1. The maximum Gasteiger partial charge on any atom is 0.261 e. The lowest BCUT2D eigenvalue weighted by molar-refractivity contribution is -0.116. The molecule has 4 aromatic rings. The summed E-state index contributed by atoms with van der Waals surface area (Å²) in [7, 11) is -3.73. The Morgan fingerprint density at radius 1 is 1.00 bits per heavy atom. The first-order chi connectivity index (χ1) is 18.3. The number of piperidine rings is 1. The molecule has 0 spiro atoms. The summed E-state index contributed by atoms with van der Waals surface area (Å²) in [5.74, 6) is 1.39. The highest BCUT2D eigenvalue weighted by Crippen LogP contribution is 2.25. The SMILES string of the molecule is CC1CCN(S(=O)(=O)c2ccc3ncn(CC(=O)Nc4ccc(Oc5ccccc5)cc4)c(=O)c3c2)CC1. The molecule has 38 heavy (non-hydrogen) atoms. The molecule has 1 N–H and O–H groups in total. The van der Waals surface area contributed by atoms with Gasteiger partial charge in [0, 0.05) is 18.8 Å². The Morgan fingerprint density at radius 2 is 1.68 bits per heavy atom. The third-order valence-electron chi connectivity index (χ3n) is 6.61. The summed E-state index contributed by atoms with van der Waals surface area (Å²) in [4.78, 5) is 30.1. The second kappa shape index (κ2) is 10.8. The van der Waals surface area contributed by atoms with E-state index in [1.54, 1.807) is 24.3 Å². The van der Waals surface area contributed by atoms with Gasteiger partial charge in [-0.25, -0.2) is 13.4 Å². The van der Waals surface area contributed by atoms with Gasteiger partial charge in [0.25, 0.3) is 5.56 Å². The molecular formula is C28H28N4O5S. The topological polar surface area (TPSA) is 111 Å². The maximum absolute atomic E-state index is 13.2. The highest BCUT2D eigenvalue weighted by Gasteiger charge is 2.28. The van der Waals surface area contributed by atoms with Gasteiger partial charge < -0.3 is 10.1 Å². The third-order valence-corrected chi connectivity index (χ3v) is 8.50. The largest absolute Gasteiger partial charge is 0.457 e. The van der Waals surface area contributed by atoms with Crippen LogP contribution in [0.4, 0.5) is 5.69 Å². The van der Waals surface area contributed by atoms with Gasteiger partial charge in [-0.3, -0.25) is 14.2 Å². The fourth-order valence-corrected chi connectivity index (χ4v) is 5.87. The molecule has 9 nitrogen and oxygen atoms in total. The van der Waals surface area contributed by atoms with Gasteiger partial charge in [-0.2, -0.15) is 4.31 Å². The van der Waals surface area contributed by atoms with Crippen LogP contribution in [0.5, 0.6) is 11.5 Å². The van der Waals surface area contributed by atoms with Crippen LogP contribution in [0.15, 0.2) is 88.8 Å². The highest BCUT2D eigenvalue weighted by molar-refractivity contribution is 7.89. The molecule has 1 aliphatic heterocycles. The Kier molecular flexibility index (Phi) is 7.26. The van der Waals surface area contributed by atoms with Gasteiger partial charge >= 0.3 is 0 Å². The lowest BCUT2D eigenvalue weighted by Gasteiger charge is -2.29. The Labute approximate surface area is 220 Å². The van der Waals surface area contributed by atoms with Crippen molar-refractivity contribution in [1.82, 2.24) is 13.9 Å². The Bertz CT molecular complexity index is 1610. The van der Waals surface area contributed by atoms with Gasteiger partial charge in [0.1, 0.15) is 18.0 Å². The van der Waals surface area contributed by atoms with Gasteiger partial charge in [0.2, 0.25) is 15.9 Å². The van der Waals surface area contributed by atoms with E-state index in [0.717, 1.165) is 12.8 Å². The minimum atomic E-state index is -3.73. The molecule has 1 amide bonds. The second-order valence-electron chi connectivity index (χ2n) is 9.43. The van der Waals surface area contributed by atoms with Crippen LogP contribution in [0.25, 0.3) is 10.9 Å². The molecule has 0 aliphatic carbocycles. The number of nitrogens with one attached hydrogen (secondary N) is 1. The summed E-state index contributed by atoms with van der Waals surface area (Å²) in [6.07, 6.45) is 2.90. The van der Waals surface area contributed by atoms with Crippen molar-refractivity contribution in [3.8, 4) is 11.5 Å². The van der Waals surface area contributed by atoms with E-state index in [2.05, 4.69) is 17.2 Å². The van der Waals surface area contributed by atoms with Crippen molar-refractivity contribution < 1.29 is 17.9 Å². The van der Waals surface area contributed by atoms with Crippen molar-refractivity contribution in [2.75, 3.05) is 18.4 Å². The van der Waals surface area contributed by atoms with Crippen molar-refractivity contribution in [2.45, 2.75) is 31.2 Å². The monoisotopic (exact) mass is 532 g/mol. The van der Waals surface area contributed by atoms with E-state index in [1.807, 2.05) is 30.3 Å². The number of carbonyl (C=O) groups excluding carboxylic acids is 1. The van der Waals surface area contributed by atoms with Gasteiger partial charge in [0.05, 0.1) is 22.1 Å². The molecule has 1 fully saturated rings. The molecule has 0 bridgehead atoms. The van der Waals surface area contributed by atoms with E-state index in [-0.39, 0.29) is 16.8 Å². The number of benzene rings is 3. The van der Waals surface area contributed by atoms with E-state index >= 15 is 0 Å². The maximum atomic E-state index is 13.2. The van der Waals surface area contributed by atoms with Crippen LogP contribution in [0, 0.1) is 5.92 Å². The quantitative estimate of drug-likeness (QED) is 0.381. The molecule has 10 heteroatoms. The molecule has 2 heterocycles. The molecule has 0 saturated carbocycles. The predicted octanol–water partition coefficient (Wildman–Crippen LogP) is 4.25. The number of aromatic nitrogens is 2. The molecule has 0 atom stereocenters. The lowest BCUT2D eigenvalue weighted by atomic mass is 10.0. The fraction of sp³-hybridized carbons (Fsp3) is 0.250. The van der Waals surface area contributed by atoms with Crippen LogP contribution in [0.2, 0.25) is 0 Å². The zero-order chi connectivity index (χ0) is 26.7. The number of nitrogens with zero attached hydrogens (tertiary/aromatic N) is 3. The Balaban J connectivity index is 1.30. The van der Waals surface area contributed by atoms with Gasteiger partial charge in [-0.05, 0) is 73.4 Å². The number of para-hydroxylation sites is 1. The predicted molar refractivity (Wildman–Crippen MR) is 145 cm³/mol. The first kappa shape index (κ1) is 25.6. The Hall–Kier alpha value is -4.02. The number of carbonyl (C=O) groups is 1. The lowest BCUT2D eigenvalue weighted by Crippen LogP contribution is -2.38.